The van der Waals surface area contributed by atoms with Crippen LogP contribution in [0.3, 0.4) is 0 Å². The summed E-state index contributed by atoms with van der Waals surface area (Å²) in [6.45, 7) is 4.60. The molecule has 0 spiro atoms. The molecule has 1 aliphatic rings. The maximum atomic E-state index is 9.23. The fourth-order valence-corrected chi connectivity index (χ4v) is 3.93. The molecule has 1 N–H and O–H groups in total. The summed E-state index contributed by atoms with van der Waals surface area (Å²) in [5.74, 6) is 1.54. The smallest absolute Gasteiger partial charge is 0.173 e. The summed E-state index contributed by atoms with van der Waals surface area (Å²) in [4.78, 5) is 0. The number of fused-ring (bicyclic) bond motifs is 1. The maximum Gasteiger partial charge on any atom is 0.173 e. The van der Waals surface area contributed by atoms with Gasteiger partial charge in [-0.2, -0.15) is 5.26 Å². The average molecular weight is 375 g/mol. The van der Waals surface area contributed by atoms with E-state index in [0.717, 1.165) is 65.4 Å². The summed E-state index contributed by atoms with van der Waals surface area (Å²) >= 11 is 0. The molecule has 5 heteroatoms. The van der Waals surface area contributed by atoms with Crippen molar-refractivity contribution in [2.24, 2.45) is 5.92 Å². The molecule has 1 saturated heterocycles. The largest absolute Gasteiger partial charge is 0.488 e. The van der Waals surface area contributed by atoms with Crippen LogP contribution in [0.15, 0.2) is 40.9 Å². The fourth-order valence-electron chi connectivity index (χ4n) is 3.93. The first-order valence-corrected chi connectivity index (χ1v) is 9.95. The minimum atomic E-state index is 0.354. The van der Waals surface area contributed by atoms with Crippen molar-refractivity contribution in [1.82, 2.24) is 10.5 Å². The molecule has 5 nitrogen and oxygen atoms in total. The number of hydrogen-bond acceptors (Lipinski definition) is 5. The van der Waals surface area contributed by atoms with E-state index >= 15 is 0 Å². The molecule has 0 saturated carbocycles. The Bertz CT molecular complexity index is 997. The number of benzene rings is 2. The summed E-state index contributed by atoms with van der Waals surface area (Å²) in [7, 11) is 0. The number of piperidine rings is 1. The number of nitrogens with zero attached hydrogens (tertiary/aromatic N) is 2. The van der Waals surface area contributed by atoms with Crippen molar-refractivity contribution in [3.8, 4) is 11.8 Å². The van der Waals surface area contributed by atoms with Gasteiger partial charge in [0.15, 0.2) is 5.58 Å². The minimum absolute atomic E-state index is 0.354. The van der Waals surface area contributed by atoms with Crippen LogP contribution in [0.2, 0.25) is 0 Å². The number of nitriles is 1. The van der Waals surface area contributed by atoms with Gasteiger partial charge in [0.05, 0.1) is 17.3 Å². The third-order valence-corrected chi connectivity index (χ3v) is 5.68. The van der Waals surface area contributed by atoms with E-state index in [1.54, 1.807) is 6.07 Å². The molecule has 2 heterocycles. The first-order chi connectivity index (χ1) is 13.8. The number of hydrogen-bond donors (Lipinski definition) is 1. The van der Waals surface area contributed by atoms with E-state index < -0.39 is 0 Å². The minimum Gasteiger partial charge on any atom is -0.488 e. The first kappa shape index (κ1) is 18.5. The molecule has 0 radical (unpaired) electrons. The van der Waals surface area contributed by atoms with Crippen LogP contribution in [0.5, 0.6) is 5.75 Å². The molecule has 3 aromatic rings. The summed E-state index contributed by atoms with van der Waals surface area (Å²) < 4.78 is 11.7. The zero-order valence-corrected chi connectivity index (χ0v) is 16.2. The highest BCUT2D eigenvalue weighted by Gasteiger charge is 2.17. The number of nitrogens with one attached hydrogen (secondary N) is 1. The molecule has 1 aliphatic heterocycles. The van der Waals surface area contributed by atoms with Gasteiger partial charge in [-0.05, 0) is 69.8 Å². The summed E-state index contributed by atoms with van der Waals surface area (Å²) in [6.07, 6.45) is 4.60. The van der Waals surface area contributed by atoms with E-state index in [9.17, 15) is 5.26 Å². The molecule has 28 heavy (non-hydrogen) atoms. The highest BCUT2D eigenvalue weighted by molar-refractivity contribution is 5.84. The molecule has 0 unspecified atom stereocenters. The second-order valence-corrected chi connectivity index (χ2v) is 7.48. The molecule has 2 aromatic carbocycles. The van der Waals surface area contributed by atoms with Gasteiger partial charge >= 0.3 is 0 Å². The predicted octanol–water partition coefficient (Wildman–Crippen LogP) is 4.52. The van der Waals surface area contributed by atoms with E-state index in [4.69, 9.17) is 9.26 Å². The van der Waals surface area contributed by atoms with Gasteiger partial charge in [0.2, 0.25) is 0 Å². The Labute approximate surface area is 165 Å². The van der Waals surface area contributed by atoms with Crippen LogP contribution in [0, 0.1) is 24.2 Å². The Balaban J connectivity index is 1.47. The van der Waals surface area contributed by atoms with E-state index in [-0.39, 0.29) is 0 Å². The van der Waals surface area contributed by atoms with E-state index in [0.29, 0.717) is 12.2 Å². The number of rotatable bonds is 6. The van der Waals surface area contributed by atoms with Crippen molar-refractivity contribution in [3.63, 3.8) is 0 Å². The summed E-state index contributed by atoms with van der Waals surface area (Å²) in [5, 5.41) is 18.1. The van der Waals surface area contributed by atoms with Crippen LogP contribution in [0.1, 0.15) is 41.6 Å². The van der Waals surface area contributed by atoms with Crippen LogP contribution in [-0.4, -0.2) is 18.2 Å². The van der Waals surface area contributed by atoms with Crippen molar-refractivity contribution < 1.29 is 9.26 Å². The lowest BCUT2D eigenvalue weighted by Gasteiger charge is -2.21. The van der Waals surface area contributed by atoms with Gasteiger partial charge in [-0.1, -0.05) is 23.4 Å². The zero-order valence-electron chi connectivity index (χ0n) is 16.2. The third-order valence-electron chi connectivity index (χ3n) is 5.68. The SMILES string of the molecule is Cc1c(OCc2ccccc2C#N)ccc2c(CCC3CCNCC3)noc12. The summed E-state index contributed by atoms with van der Waals surface area (Å²) in [5.41, 5.74) is 4.31. The fraction of sp³-hybridized carbons (Fsp3) is 0.391. The predicted molar refractivity (Wildman–Crippen MR) is 108 cm³/mol. The van der Waals surface area contributed by atoms with Crippen LogP contribution in [0.4, 0.5) is 0 Å². The molecule has 0 amide bonds. The van der Waals surface area contributed by atoms with Gasteiger partial charge in [0, 0.05) is 16.5 Å². The van der Waals surface area contributed by atoms with Crippen molar-refractivity contribution in [2.75, 3.05) is 13.1 Å². The first-order valence-electron chi connectivity index (χ1n) is 9.95. The van der Waals surface area contributed by atoms with Gasteiger partial charge in [0.25, 0.3) is 0 Å². The Morgan fingerprint density at radius 2 is 2.04 bits per heavy atom. The monoisotopic (exact) mass is 375 g/mol. The Kier molecular flexibility index (Phi) is 5.59. The Morgan fingerprint density at radius 1 is 1.21 bits per heavy atom. The molecule has 144 valence electrons. The van der Waals surface area contributed by atoms with Gasteiger partial charge in [-0.15, -0.1) is 0 Å². The quantitative estimate of drug-likeness (QED) is 0.686. The van der Waals surface area contributed by atoms with Gasteiger partial charge in [0.1, 0.15) is 12.4 Å². The van der Waals surface area contributed by atoms with Crippen molar-refractivity contribution in [3.05, 3.63) is 58.8 Å². The maximum absolute atomic E-state index is 9.23. The number of ether oxygens (including phenoxy) is 1. The molecule has 0 bridgehead atoms. The lowest BCUT2D eigenvalue weighted by atomic mass is 9.92. The van der Waals surface area contributed by atoms with Gasteiger partial charge < -0.3 is 14.6 Å². The molecule has 0 atom stereocenters. The molecule has 1 fully saturated rings. The highest BCUT2D eigenvalue weighted by atomic mass is 16.5. The van der Waals surface area contributed by atoms with Gasteiger partial charge in [-0.25, -0.2) is 0 Å². The van der Waals surface area contributed by atoms with Crippen molar-refractivity contribution >= 4 is 11.0 Å². The van der Waals surface area contributed by atoms with Gasteiger partial charge in [-0.3, -0.25) is 0 Å². The Hall–Kier alpha value is -2.84. The van der Waals surface area contributed by atoms with Crippen LogP contribution >= 0.6 is 0 Å². The summed E-state index contributed by atoms with van der Waals surface area (Å²) in [6, 6.07) is 13.7. The van der Waals surface area contributed by atoms with Crippen molar-refractivity contribution in [1.29, 1.82) is 5.26 Å². The van der Waals surface area contributed by atoms with E-state index in [1.165, 1.54) is 12.8 Å². The molecule has 4 rings (SSSR count). The average Bonchev–Trinajstić information content (AvgIpc) is 3.16. The standard InChI is InChI=1S/C23H25N3O2/c1-16-22(27-15-19-5-3-2-4-18(19)14-24)9-7-20-21(26-28-23(16)20)8-6-17-10-12-25-13-11-17/h2-5,7,9,17,25H,6,8,10-13,15H2,1H3. The normalized spacial score (nSPS) is 14.9. The van der Waals surface area contributed by atoms with Crippen LogP contribution in [0.25, 0.3) is 11.0 Å². The lowest BCUT2D eigenvalue weighted by molar-refractivity contribution is 0.303. The number of aryl methyl sites for hydroxylation is 2. The topological polar surface area (TPSA) is 71.1 Å². The second-order valence-electron chi connectivity index (χ2n) is 7.48. The van der Waals surface area contributed by atoms with E-state index in [1.807, 2.05) is 37.3 Å². The Morgan fingerprint density at radius 3 is 2.86 bits per heavy atom. The zero-order chi connectivity index (χ0) is 19.3. The third kappa shape index (κ3) is 3.88. The van der Waals surface area contributed by atoms with Crippen molar-refractivity contribution in [2.45, 2.75) is 39.2 Å². The molecule has 0 aliphatic carbocycles. The number of aromatic nitrogens is 1. The molecular formula is C23H25N3O2. The second kappa shape index (κ2) is 8.45. The van der Waals surface area contributed by atoms with Crippen LogP contribution in [-0.2, 0) is 13.0 Å². The molecule has 1 aromatic heterocycles. The van der Waals surface area contributed by atoms with Crippen LogP contribution < -0.4 is 10.1 Å². The molecular weight excluding hydrogens is 350 g/mol. The highest BCUT2D eigenvalue weighted by Crippen LogP contribution is 2.31. The lowest BCUT2D eigenvalue weighted by Crippen LogP contribution is -2.27. The van der Waals surface area contributed by atoms with E-state index in [2.05, 4.69) is 16.5 Å².